The Labute approximate surface area is 500 Å². The molecule has 0 bridgehead atoms. The average molecular weight is 1480 g/mol. The molecule has 22 nitrogen and oxygen atoms in total. The topological polar surface area (TPSA) is 219 Å². The third kappa shape index (κ3) is 19.1. The van der Waals surface area contributed by atoms with E-state index in [1.54, 1.807) is 0 Å². The first-order valence-corrected chi connectivity index (χ1v) is 73.7. The SMILES string of the molecule is C=C(CC(=O)OCCC([Si](O[SiH2]C)(O[SiH2]C)O[SiH2]C)([Si](O[SiH2]C)(O[SiH2]C)O[SiH2]C)[Si](O[SiH2]C)(O[SiH2]C)O[SiH2]C)C(=O)OCCC([Si](O[SiH2]C)(O[SiH2]C)O[SiH2]C)([Si](O[SiH2]C)(O[SiH2]C)O[SiH2]C)[Si](O[SiH2]C)(O[SiH2]C)O[SiH2]C. The lowest BCUT2D eigenvalue weighted by Crippen LogP contribution is -2.83. The quantitative estimate of drug-likeness (QED) is 0.0314. The molecule has 0 aliphatic heterocycles. The molecule has 46 heteroatoms. The molecule has 0 saturated carbocycles. The van der Waals surface area contributed by atoms with Crippen LogP contribution in [0.1, 0.15) is 19.3 Å². The Balaban J connectivity index is 8.02. The fourth-order valence-corrected chi connectivity index (χ4v) is 109. The third-order valence-electron chi connectivity index (χ3n) is 11.3. The first-order valence-electron chi connectivity index (χ1n) is 27.5. The zero-order valence-electron chi connectivity index (χ0n) is 49.5. The molecule has 0 saturated heterocycles. The average Bonchev–Trinajstić information content (AvgIpc) is 3.35. The molecule has 0 aromatic carbocycles. The first-order chi connectivity index (χ1) is 36.0. The molecule has 446 valence electrons. The lowest BCUT2D eigenvalue weighted by molar-refractivity contribution is -0.146. The highest BCUT2D eigenvalue weighted by molar-refractivity contribution is 7.10. The number of ether oxygens (including phenoxy) is 2. The van der Waals surface area contributed by atoms with Gasteiger partial charge in [-0.1, -0.05) is 124 Å². The maximum Gasteiger partial charge on any atom is 0.484 e. The van der Waals surface area contributed by atoms with Gasteiger partial charge >= 0.3 is 64.8 Å². The largest absolute Gasteiger partial charge is 0.484 e. The van der Waals surface area contributed by atoms with Gasteiger partial charge in [-0.15, -0.1) is 0 Å². The Morgan fingerprint density at radius 3 is 0.627 bits per heavy atom. The second kappa shape index (κ2) is 42.1. The molecule has 0 heterocycles. The van der Waals surface area contributed by atoms with E-state index in [1.165, 1.54) is 0 Å². The van der Waals surface area contributed by atoms with E-state index in [4.69, 9.17) is 83.5 Å². The van der Waals surface area contributed by atoms with Gasteiger partial charge in [-0.2, -0.15) is 0 Å². The highest BCUT2D eigenvalue weighted by Crippen LogP contribution is 2.61. The fraction of sp³-hybridized carbons (Fsp3) is 0.862. The molecule has 0 N–H and O–H groups in total. The van der Waals surface area contributed by atoms with Gasteiger partial charge < -0.3 is 83.5 Å². The fourth-order valence-electron chi connectivity index (χ4n) is 9.45. The number of carbonyl (C=O) groups is 2. The van der Waals surface area contributed by atoms with E-state index in [2.05, 4.69) is 124 Å². The summed E-state index contributed by atoms with van der Waals surface area (Å²) in [4.78, 5) is 28.5. The van der Waals surface area contributed by atoms with Crippen molar-refractivity contribution in [3.05, 3.63) is 12.2 Å². The Hall–Kier alpha value is 3.17. The summed E-state index contributed by atoms with van der Waals surface area (Å²) in [5, 5.41) is 0. The predicted octanol–water partition coefficient (Wildman–Crippen LogP) is -8.26. The van der Waals surface area contributed by atoms with E-state index < -0.39 is 255 Å². The molecule has 0 amide bonds. The van der Waals surface area contributed by atoms with Crippen molar-refractivity contribution in [2.75, 3.05) is 13.2 Å². The number of carbonyl (C=O) groups excluding carboxylic acids is 2. The van der Waals surface area contributed by atoms with Gasteiger partial charge in [-0.05, 0) is 0 Å². The Kier molecular flexibility index (Phi) is 43.8. The van der Waals surface area contributed by atoms with Crippen molar-refractivity contribution in [3.63, 3.8) is 0 Å². The lowest BCUT2D eigenvalue weighted by Gasteiger charge is -2.57. The predicted molar refractivity (Wildman–Crippen MR) is 364 cm³/mol. The summed E-state index contributed by atoms with van der Waals surface area (Å²) in [6, 6.07) is 0. The first kappa shape index (κ1) is 78.2. The highest BCUT2D eigenvalue weighted by atomic mass is 28.6. The van der Waals surface area contributed by atoms with Crippen molar-refractivity contribution in [1.29, 1.82) is 0 Å². The van der Waals surface area contributed by atoms with Gasteiger partial charge in [0.1, 0.15) is 176 Å². The molecule has 0 fully saturated rings. The molecule has 0 spiro atoms. The van der Waals surface area contributed by atoms with E-state index in [0.29, 0.717) is 0 Å². The van der Waals surface area contributed by atoms with E-state index in [0.717, 1.165) is 0 Å². The maximum atomic E-state index is 14.3. The molecule has 0 rings (SSSR count). The lowest BCUT2D eigenvalue weighted by atomic mass is 10.2. The zero-order chi connectivity index (χ0) is 57.1. The van der Waals surface area contributed by atoms with Crippen LogP contribution in [-0.4, -0.2) is 254 Å². The summed E-state index contributed by atoms with van der Waals surface area (Å²) < 4.78 is 137. The smallest absolute Gasteiger partial charge is 0.465 e. The molecule has 0 unspecified atom stereocenters. The summed E-state index contributed by atoms with van der Waals surface area (Å²) in [6.07, 6.45) is -0.278. The highest BCUT2D eigenvalue weighted by Gasteiger charge is 2.89. The van der Waals surface area contributed by atoms with Crippen molar-refractivity contribution >= 4 is 241 Å². The van der Waals surface area contributed by atoms with E-state index >= 15 is 0 Å². The second-order valence-electron chi connectivity index (χ2n) is 15.6. The van der Waals surface area contributed by atoms with E-state index in [-0.39, 0.29) is 31.6 Å². The molecule has 0 aromatic heterocycles. The van der Waals surface area contributed by atoms with Gasteiger partial charge in [0.2, 0.25) is 0 Å². The van der Waals surface area contributed by atoms with Crippen molar-refractivity contribution in [2.24, 2.45) is 0 Å². The van der Waals surface area contributed by atoms with Crippen LogP contribution in [0, 0.1) is 0 Å². The van der Waals surface area contributed by atoms with E-state index in [1.807, 2.05) is 0 Å². The molecule has 0 aromatic rings. The third-order valence-corrected chi connectivity index (χ3v) is 78.2. The molecular formula is C29H102O22Si24. The van der Waals surface area contributed by atoms with Crippen LogP contribution >= 0.6 is 0 Å². The van der Waals surface area contributed by atoms with Gasteiger partial charge in [0.05, 0.1) is 19.6 Å². The molecule has 75 heavy (non-hydrogen) atoms. The van der Waals surface area contributed by atoms with Crippen LogP contribution in [-0.2, 0) is 93.1 Å². The normalized spacial score (nSPS) is 21.4. The maximum absolute atomic E-state index is 14.3. The van der Waals surface area contributed by atoms with E-state index in [9.17, 15) is 9.59 Å². The minimum atomic E-state index is -3.96. The molecular weight excluding hydrogens is 1370 g/mol. The summed E-state index contributed by atoms with van der Waals surface area (Å²) in [5.74, 6) is -1.45. The van der Waals surface area contributed by atoms with Crippen LogP contribution < -0.4 is 0 Å². The number of esters is 2. The Bertz CT molecular complexity index is 1330. The van der Waals surface area contributed by atoms with Crippen LogP contribution in [0.2, 0.25) is 126 Å². The van der Waals surface area contributed by atoms with Gasteiger partial charge in [0.15, 0.2) is 8.57 Å². The Morgan fingerprint density at radius 2 is 0.467 bits per heavy atom. The Morgan fingerprint density at radius 1 is 0.307 bits per heavy atom. The molecule has 0 atom stereocenters. The van der Waals surface area contributed by atoms with Crippen LogP contribution in [0.3, 0.4) is 0 Å². The van der Waals surface area contributed by atoms with Crippen LogP contribution in [0.15, 0.2) is 12.2 Å². The van der Waals surface area contributed by atoms with Crippen molar-refractivity contribution in [3.8, 4) is 0 Å². The van der Waals surface area contributed by atoms with Crippen LogP contribution in [0.5, 0.6) is 0 Å². The number of hydrogen-bond donors (Lipinski definition) is 0. The van der Waals surface area contributed by atoms with Crippen LogP contribution in [0.25, 0.3) is 0 Å². The summed E-state index contributed by atoms with van der Waals surface area (Å²) in [6.45, 7) is 40.8. The molecule has 0 aliphatic rings. The van der Waals surface area contributed by atoms with Gasteiger partial charge in [0.25, 0.3) is 0 Å². The molecule has 0 aliphatic carbocycles. The van der Waals surface area contributed by atoms with Crippen molar-refractivity contribution in [1.82, 2.24) is 0 Å². The van der Waals surface area contributed by atoms with Crippen molar-refractivity contribution in [2.45, 2.75) is 146 Å². The summed E-state index contributed by atoms with van der Waals surface area (Å²) >= 11 is 0. The molecule has 0 radical (unpaired) electrons. The monoisotopic (exact) mass is 1470 g/mol. The number of hydrogen-bond acceptors (Lipinski definition) is 22. The van der Waals surface area contributed by atoms with Gasteiger partial charge in [-0.25, -0.2) is 4.79 Å². The van der Waals surface area contributed by atoms with Crippen molar-refractivity contribution < 1.29 is 93.1 Å². The van der Waals surface area contributed by atoms with Crippen LogP contribution in [0.4, 0.5) is 0 Å². The van der Waals surface area contributed by atoms with Gasteiger partial charge in [0, 0.05) is 18.4 Å². The minimum Gasteiger partial charge on any atom is -0.465 e. The zero-order valence-corrected chi connectivity index (χ0v) is 80.9. The summed E-state index contributed by atoms with van der Waals surface area (Å²) in [7, 11) is -45.7. The summed E-state index contributed by atoms with van der Waals surface area (Å²) in [5.41, 5.74) is -0.0867. The van der Waals surface area contributed by atoms with Gasteiger partial charge in [-0.3, -0.25) is 4.79 Å². The number of rotatable bonds is 51. The second-order valence-corrected chi connectivity index (χ2v) is 61.6. The standard InChI is InChI=1S/C29H102O22Si24/c1-25(27(31)33-23-21-29(73(43-61-11,44-62-12)45-63-13,74(46-64-14,47-65-15)48-66-16)75(49-67-17,50-68-18)51-69-19)24-26(30)32-22-20-28(70(34-52-2,35-53-3)36-54-4,71(37-55-5,38-56-6)39-57-7)72(40-58-8,41-59-9)42-60-10/h1,20-24,52-69H2,2-19H3. The minimum absolute atomic E-state index is 0.0773.